The number of sulfonamides is 1. The number of carbonyl (C=O) groups is 1. The van der Waals surface area contributed by atoms with Crippen molar-refractivity contribution in [3.8, 4) is 0 Å². The van der Waals surface area contributed by atoms with Crippen LogP contribution in [0.2, 0.25) is 0 Å². The highest BCUT2D eigenvalue weighted by molar-refractivity contribution is 7.92. The molecule has 1 aromatic rings. The van der Waals surface area contributed by atoms with Crippen LogP contribution in [-0.2, 0) is 14.8 Å². The summed E-state index contributed by atoms with van der Waals surface area (Å²) in [6, 6.07) is 4.29. The lowest BCUT2D eigenvalue weighted by atomic mass is 9.94. The van der Waals surface area contributed by atoms with E-state index < -0.39 is 21.9 Å². The molecule has 1 aliphatic heterocycles. The van der Waals surface area contributed by atoms with E-state index in [4.69, 9.17) is 0 Å². The fraction of sp³-hybridized carbons (Fsp3) is 0.632. The molecule has 0 aromatic heterocycles. The van der Waals surface area contributed by atoms with Crippen LogP contribution in [0.5, 0.6) is 0 Å². The molecule has 0 aliphatic carbocycles. The molecule has 0 spiro atoms. The zero-order chi connectivity index (χ0) is 20.0. The number of rotatable bonds is 8. The molecule has 0 radical (unpaired) electrons. The van der Waals surface area contributed by atoms with Crippen molar-refractivity contribution in [1.82, 2.24) is 10.2 Å². The lowest BCUT2D eigenvalue weighted by molar-refractivity contribution is -0.122. The molecule has 0 bridgehead atoms. The Bertz CT molecular complexity index is 716. The van der Waals surface area contributed by atoms with Crippen LogP contribution < -0.4 is 9.62 Å². The summed E-state index contributed by atoms with van der Waals surface area (Å²) in [5.74, 6) is -0.187. The molecule has 0 unspecified atom stereocenters. The van der Waals surface area contributed by atoms with Gasteiger partial charge in [-0.3, -0.25) is 9.10 Å². The van der Waals surface area contributed by atoms with Gasteiger partial charge >= 0.3 is 0 Å². The van der Waals surface area contributed by atoms with E-state index in [1.807, 2.05) is 0 Å². The molecule has 1 saturated heterocycles. The van der Waals surface area contributed by atoms with Crippen LogP contribution in [0.15, 0.2) is 24.3 Å². The van der Waals surface area contributed by atoms with E-state index in [0.29, 0.717) is 18.9 Å². The first-order valence-electron chi connectivity index (χ1n) is 9.43. The third-order valence-corrected chi connectivity index (χ3v) is 6.28. The van der Waals surface area contributed by atoms with Crippen molar-refractivity contribution < 1.29 is 17.6 Å². The third kappa shape index (κ3) is 6.17. The maximum absolute atomic E-state index is 13.2. The van der Waals surface area contributed by atoms with E-state index >= 15 is 0 Å². The number of carbonyl (C=O) groups excluding carboxylic acids is 1. The van der Waals surface area contributed by atoms with Crippen molar-refractivity contribution >= 4 is 21.6 Å². The second kappa shape index (κ2) is 9.50. The smallest absolute Gasteiger partial charge is 0.243 e. The molecule has 152 valence electrons. The third-order valence-electron chi connectivity index (χ3n) is 5.10. The van der Waals surface area contributed by atoms with Crippen LogP contribution in [0.25, 0.3) is 0 Å². The number of hydrogen-bond donors (Lipinski definition) is 1. The van der Waals surface area contributed by atoms with Crippen molar-refractivity contribution in [2.45, 2.75) is 38.6 Å². The van der Waals surface area contributed by atoms with Gasteiger partial charge in [-0.1, -0.05) is 6.92 Å². The number of piperidine rings is 1. The van der Waals surface area contributed by atoms with Crippen LogP contribution in [0.1, 0.15) is 32.6 Å². The molecular formula is C19H30FN3O3S. The standard InChI is InChI=1S/C19H30FN3O3S/c1-4-18(19(24)21-12-9-15-10-13-22(2)14-11-15)23(27(3,25)26)17-7-5-16(20)6-8-17/h5-8,15,18H,4,9-14H2,1-3H3,(H,21,24)/t18-/m0/s1. The number of hydrogen-bond acceptors (Lipinski definition) is 4. The Balaban J connectivity index is 2.02. The molecule has 1 atom stereocenters. The lowest BCUT2D eigenvalue weighted by Gasteiger charge is -2.31. The van der Waals surface area contributed by atoms with Gasteiger partial charge in [0.15, 0.2) is 0 Å². The number of nitrogens with zero attached hydrogens (tertiary/aromatic N) is 2. The summed E-state index contributed by atoms with van der Waals surface area (Å²) in [4.78, 5) is 15.0. The number of likely N-dealkylation sites (tertiary alicyclic amines) is 1. The van der Waals surface area contributed by atoms with Crippen LogP contribution >= 0.6 is 0 Å². The van der Waals surface area contributed by atoms with Crippen LogP contribution in [0, 0.1) is 11.7 Å². The minimum Gasteiger partial charge on any atom is -0.354 e. The maximum Gasteiger partial charge on any atom is 0.243 e. The summed E-state index contributed by atoms with van der Waals surface area (Å²) >= 11 is 0. The van der Waals surface area contributed by atoms with E-state index in [-0.39, 0.29) is 11.6 Å². The maximum atomic E-state index is 13.2. The van der Waals surface area contributed by atoms with Crippen molar-refractivity contribution in [1.29, 1.82) is 0 Å². The molecule has 1 fully saturated rings. The lowest BCUT2D eigenvalue weighted by Crippen LogP contribution is -2.49. The minimum atomic E-state index is -3.69. The van der Waals surface area contributed by atoms with E-state index in [2.05, 4.69) is 17.3 Å². The molecule has 6 nitrogen and oxygen atoms in total. The largest absolute Gasteiger partial charge is 0.354 e. The average Bonchev–Trinajstić information content (AvgIpc) is 2.61. The highest BCUT2D eigenvalue weighted by Gasteiger charge is 2.31. The number of amides is 1. The first kappa shape index (κ1) is 21.6. The fourth-order valence-corrected chi connectivity index (χ4v) is 4.73. The van der Waals surface area contributed by atoms with Crippen molar-refractivity contribution in [2.75, 3.05) is 37.2 Å². The molecule has 1 aromatic carbocycles. The Morgan fingerprint density at radius 1 is 1.30 bits per heavy atom. The number of anilines is 1. The Hall–Kier alpha value is -1.67. The number of nitrogens with one attached hydrogen (secondary N) is 1. The summed E-state index contributed by atoms with van der Waals surface area (Å²) in [5.41, 5.74) is 0.288. The highest BCUT2D eigenvalue weighted by Crippen LogP contribution is 2.23. The van der Waals surface area contributed by atoms with Crippen LogP contribution in [-0.4, -0.2) is 58.2 Å². The van der Waals surface area contributed by atoms with Crippen molar-refractivity contribution in [3.05, 3.63) is 30.1 Å². The number of halogens is 1. The summed E-state index contributed by atoms with van der Waals surface area (Å²) in [6.45, 7) is 4.44. The quantitative estimate of drug-likeness (QED) is 0.728. The van der Waals surface area contributed by atoms with Gasteiger partial charge in [-0.05, 0) is 76.0 Å². The normalized spacial score (nSPS) is 17.5. The first-order chi connectivity index (χ1) is 12.7. The fourth-order valence-electron chi connectivity index (χ4n) is 3.52. The van der Waals surface area contributed by atoms with Crippen molar-refractivity contribution in [2.24, 2.45) is 5.92 Å². The summed E-state index contributed by atoms with van der Waals surface area (Å²) in [7, 11) is -1.58. The van der Waals surface area contributed by atoms with E-state index in [0.717, 1.165) is 42.9 Å². The van der Waals surface area contributed by atoms with Gasteiger partial charge in [0.05, 0.1) is 11.9 Å². The first-order valence-corrected chi connectivity index (χ1v) is 11.3. The summed E-state index contributed by atoms with van der Waals surface area (Å²) in [5, 5.41) is 2.89. The van der Waals surface area contributed by atoms with E-state index in [1.165, 1.54) is 24.3 Å². The van der Waals surface area contributed by atoms with Gasteiger partial charge in [-0.15, -0.1) is 0 Å². The average molecular weight is 400 g/mol. The molecule has 1 N–H and O–H groups in total. The second-order valence-electron chi connectivity index (χ2n) is 7.29. The topological polar surface area (TPSA) is 69.7 Å². The van der Waals surface area contributed by atoms with E-state index in [1.54, 1.807) is 6.92 Å². The Morgan fingerprint density at radius 2 is 1.89 bits per heavy atom. The molecule has 2 rings (SSSR count). The van der Waals surface area contributed by atoms with Gasteiger partial charge in [0.1, 0.15) is 11.9 Å². The van der Waals surface area contributed by atoms with E-state index in [9.17, 15) is 17.6 Å². The molecule has 8 heteroatoms. The molecule has 1 aliphatic rings. The summed E-state index contributed by atoms with van der Waals surface area (Å²) in [6.07, 6.45) is 4.52. The monoisotopic (exact) mass is 399 g/mol. The Kier molecular flexibility index (Phi) is 7.61. The zero-order valence-corrected chi connectivity index (χ0v) is 17.1. The number of benzene rings is 1. The molecule has 1 heterocycles. The van der Waals surface area contributed by atoms with Gasteiger partial charge in [0.25, 0.3) is 0 Å². The summed E-state index contributed by atoms with van der Waals surface area (Å²) < 4.78 is 38.9. The minimum absolute atomic E-state index is 0.288. The van der Waals surface area contributed by atoms with Crippen molar-refractivity contribution in [3.63, 3.8) is 0 Å². The van der Waals surface area contributed by atoms with Gasteiger partial charge < -0.3 is 10.2 Å². The molecule has 0 saturated carbocycles. The predicted octanol–water partition coefficient (Wildman–Crippen LogP) is 2.22. The highest BCUT2D eigenvalue weighted by atomic mass is 32.2. The predicted molar refractivity (Wildman–Crippen MR) is 106 cm³/mol. The Morgan fingerprint density at radius 3 is 2.41 bits per heavy atom. The second-order valence-corrected chi connectivity index (χ2v) is 9.15. The molecule has 27 heavy (non-hydrogen) atoms. The van der Waals surface area contributed by atoms with Crippen LogP contribution in [0.4, 0.5) is 10.1 Å². The van der Waals surface area contributed by atoms with Gasteiger partial charge in [-0.25, -0.2) is 12.8 Å². The van der Waals surface area contributed by atoms with Gasteiger partial charge in [-0.2, -0.15) is 0 Å². The molecule has 1 amide bonds. The van der Waals surface area contributed by atoms with Gasteiger partial charge in [0, 0.05) is 6.54 Å². The Labute approximate surface area is 161 Å². The SMILES string of the molecule is CC[C@@H](C(=O)NCCC1CCN(C)CC1)N(c1ccc(F)cc1)S(C)(=O)=O. The van der Waals surface area contributed by atoms with Crippen LogP contribution in [0.3, 0.4) is 0 Å². The van der Waals surface area contributed by atoms with Gasteiger partial charge in [0.2, 0.25) is 15.9 Å². The molecular weight excluding hydrogens is 369 g/mol. The zero-order valence-electron chi connectivity index (χ0n) is 16.3.